The summed E-state index contributed by atoms with van der Waals surface area (Å²) in [4.78, 5) is 30.3. The van der Waals surface area contributed by atoms with Crippen LogP contribution in [0.2, 0.25) is 0 Å². The first-order valence-corrected chi connectivity index (χ1v) is 41.7. The first kappa shape index (κ1) is 69.6. The van der Waals surface area contributed by atoms with Crippen molar-refractivity contribution in [1.82, 2.24) is 29.9 Å². The summed E-state index contributed by atoms with van der Waals surface area (Å²) in [7, 11) is 0. The Morgan fingerprint density at radius 1 is 0.262 bits per heavy atom. The second kappa shape index (κ2) is 26.0. The lowest BCUT2D eigenvalue weighted by Crippen LogP contribution is -2.22. The number of benzene rings is 17. The van der Waals surface area contributed by atoms with Crippen molar-refractivity contribution in [1.29, 1.82) is 0 Å². The molecule has 0 N–H and O–H groups in total. The van der Waals surface area contributed by atoms with Crippen molar-refractivity contribution in [3.05, 3.63) is 385 Å². The van der Waals surface area contributed by atoms with Crippen LogP contribution in [0.5, 0.6) is 0 Å². The average molecular weight is 1570 g/mol. The van der Waals surface area contributed by atoms with E-state index in [9.17, 15) is 0 Å². The van der Waals surface area contributed by atoms with Crippen LogP contribution in [0.4, 0.5) is 0 Å². The molecule has 0 fully saturated rings. The van der Waals surface area contributed by atoms with E-state index in [1.807, 2.05) is 60.9 Å². The third-order valence-corrected chi connectivity index (χ3v) is 26.6. The van der Waals surface area contributed by atoms with Gasteiger partial charge in [0.1, 0.15) is 39.1 Å². The van der Waals surface area contributed by atoms with E-state index >= 15 is 0 Å². The van der Waals surface area contributed by atoms with Crippen molar-refractivity contribution in [2.45, 2.75) is 50.9 Å². The summed E-state index contributed by atoms with van der Waals surface area (Å²) in [5.41, 5.74) is 29.0. The van der Waals surface area contributed by atoms with E-state index in [0.717, 1.165) is 144 Å². The van der Waals surface area contributed by atoms with Crippen LogP contribution >= 0.6 is 0 Å². The second-order valence-electron chi connectivity index (χ2n) is 33.8. The van der Waals surface area contributed by atoms with Gasteiger partial charge in [0.05, 0.1) is 22.1 Å². The molecular formula is C112H72N6O4. The fourth-order valence-electron chi connectivity index (χ4n) is 20.9. The molecule has 10 nitrogen and oxygen atoms in total. The number of para-hydroxylation sites is 3. The van der Waals surface area contributed by atoms with Crippen molar-refractivity contribution < 1.29 is 17.7 Å². The summed E-state index contributed by atoms with van der Waals surface area (Å²) in [5, 5.41) is 18.1. The highest BCUT2D eigenvalue weighted by Gasteiger charge is 2.45. The Labute approximate surface area is 699 Å². The maximum absolute atomic E-state index is 6.88. The molecule has 24 aromatic rings. The van der Waals surface area contributed by atoms with E-state index in [-0.39, 0.29) is 16.2 Å². The van der Waals surface area contributed by atoms with Gasteiger partial charge in [-0.15, -0.1) is 0 Å². The number of nitrogens with zero attached hydrogens (tertiary/aromatic N) is 6. The number of hydrogen-bond acceptors (Lipinski definition) is 10. The molecule has 0 bridgehead atoms. The van der Waals surface area contributed by atoms with Gasteiger partial charge in [0.25, 0.3) is 0 Å². The molecule has 0 spiro atoms. The largest absolute Gasteiger partial charge is 0.456 e. The van der Waals surface area contributed by atoms with Crippen molar-refractivity contribution in [3.8, 4) is 78.8 Å². The Morgan fingerprint density at radius 3 is 1.38 bits per heavy atom. The molecule has 1 atom stereocenters. The SMILES string of the molecule is CC1(C)c2cccc(-c3ncc4c(ccc5ccccc54)n3)c2-c2ccc3c(oc4ccccc43)c21.CC1(C)c2cccc(-c3ncc4c5ccccc5c5ccccc5c4n3)c2-c2ccc3c(oc4ccccc43)c21.CC1(c2ccccc2)c2ccccc2-c2ccc3c(oc4cc(-c5nc(-c6ccccc6)c6c(n5)oc5ccccc56)ccc43)c21. The minimum Gasteiger partial charge on any atom is -0.456 e. The van der Waals surface area contributed by atoms with Crippen LogP contribution in [-0.2, 0) is 16.2 Å². The second-order valence-corrected chi connectivity index (χ2v) is 33.8. The molecule has 0 aliphatic heterocycles. The Hall–Kier alpha value is -15.5. The summed E-state index contributed by atoms with van der Waals surface area (Å²) in [6.07, 6.45) is 3.98. The van der Waals surface area contributed by atoms with Gasteiger partial charge in [-0.3, -0.25) is 0 Å². The smallest absolute Gasteiger partial charge is 0.231 e. The van der Waals surface area contributed by atoms with E-state index < -0.39 is 0 Å². The summed E-state index contributed by atoms with van der Waals surface area (Å²) >= 11 is 0. The molecule has 1 unspecified atom stereocenters. The zero-order chi connectivity index (χ0) is 81.0. The van der Waals surface area contributed by atoms with E-state index in [2.05, 4.69) is 320 Å². The van der Waals surface area contributed by atoms with Gasteiger partial charge in [-0.2, -0.15) is 4.98 Å². The van der Waals surface area contributed by atoms with Crippen LogP contribution in [0.15, 0.2) is 364 Å². The molecule has 27 rings (SSSR count). The molecule has 0 saturated carbocycles. The first-order chi connectivity index (χ1) is 59.9. The fraction of sp³-hybridized carbons (Fsp3) is 0.0714. The highest BCUT2D eigenvalue weighted by molar-refractivity contribution is 6.25. The standard InChI is InChI=1S/C42H26N2O2.C37H24N2O.C33H22N2O/c1-42(27-14-6-3-7-15-27)33-18-10-8-16-28(33)30-22-23-31-29-21-20-26(24-35(29)45-39(31)37(30)42)40-43-38(25-12-4-2-5-13-25)36-32-17-9-11-19-34(32)46-41(36)44-40;1-37(2)30-16-9-15-28(32(30)27-19-18-26-24-13-7-8-17-31(24)40-35(26)33(27)37)36-38-20-29-23-12-4-3-10-21(23)22-11-5-6-14-25(22)34(29)39-36;1-33(2)26-12-7-11-24(32-34-18-25-20-9-4-3-8-19(20)14-17-27(25)35-32)29(26)23-16-15-22-21-10-5-6-13-28(21)36-31(22)30(23)33/h2-24H,1H3;3-20H,1-2H3;3-18H,1-2H3. The van der Waals surface area contributed by atoms with Crippen molar-refractivity contribution >= 4 is 142 Å². The van der Waals surface area contributed by atoms with Crippen molar-refractivity contribution in [2.75, 3.05) is 0 Å². The molecular weight excluding hydrogens is 1490 g/mol. The Kier molecular flexibility index (Phi) is 14.8. The van der Waals surface area contributed by atoms with Gasteiger partial charge >= 0.3 is 0 Å². The van der Waals surface area contributed by atoms with Crippen molar-refractivity contribution in [3.63, 3.8) is 0 Å². The maximum atomic E-state index is 6.88. The van der Waals surface area contributed by atoms with E-state index in [1.165, 1.54) is 105 Å². The number of hydrogen-bond donors (Lipinski definition) is 0. The van der Waals surface area contributed by atoms with E-state index in [4.69, 9.17) is 47.6 Å². The lowest BCUT2D eigenvalue weighted by molar-refractivity contribution is 0.619. The van der Waals surface area contributed by atoms with Crippen LogP contribution in [0.3, 0.4) is 0 Å². The van der Waals surface area contributed by atoms with Crippen molar-refractivity contribution in [2.24, 2.45) is 0 Å². The van der Waals surface area contributed by atoms with Crippen LogP contribution in [0.1, 0.15) is 73.6 Å². The summed E-state index contributed by atoms with van der Waals surface area (Å²) in [6, 6.07) is 117. The number of fused-ring (bicyclic) bond motifs is 33. The molecule has 7 heterocycles. The Bertz CT molecular complexity index is 8590. The van der Waals surface area contributed by atoms with Gasteiger partial charge in [-0.05, 0) is 144 Å². The van der Waals surface area contributed by atoms with Gasteiger partial charge in [-0.1, -0.05) is 307 Å². The molecule has 0 saturated heterocycles. The highest BCUT2D eigenvalue weighted by Crippen LogP contribution is 2.59. The number of aromatic nitrogens is 6. The molecule has 0 amide bonds. The molecule has 122 heavy (non-hydrogen) atoms. The average Bonchev–Trinajstić information content (AvgIpc) is 1.54. The van der Waals surface area contributed by atoms with Crippen LogP contribution < -0.4 is 0 Å². The topological polar surface area (TPSA) is 130 Å². The molecule has 3 aliphatic rings. The highest BCUT2D eigenvalue weighted by atomic mass is 16.3. The number of rotatable bonds is 5. The zero-order valence-electron chi connectivity index (χ0n) is 67.2. The quantitative estimate of drug-likeness (QED) is 0.154. The monoisotopic (exact) mass is 1560 g/mol. The third kappa shape index (κ3) is 10.0. The van der Waals surface area contributed by atoms with Gasteiger partial charge in [-0.25, -0.2) is 24.9 Å². The first-order valence-electron chi connectivity index (χ1n) is 41.7. The summed E-state index contributed by atoms with van der Waals surface area (Å²) in [5.74, 6) is 2.10. The van der Waals surface area contributed by atoms with E-state index in [1.54, 1.807) is 0 Å². The predicted octanol–water partition coefficient (Wildman–Crippen LogP) is 29.4. The Morgan fingerprint density at radius 2 is 0.730 bits per heavy atom. The molecule has 0 radical (unpaired) electrons. The van der Waals surface area contributed by atoms with Crippen LogP contribution in [0, 0.1) is 0 Å². The van der Waals surface area contributed by atoms with Gasteiger partial charge < -0.3 is 17.7 Å². The minimum atomic E-state index is -0.358. The summed E-state index contributed by atoms with van der Waals surface area (Å²) in [6.45, 7) is 11.5. The van der Waals surface area contributed by atoms with Gasteiger partial charge in [0.15, 0.2) is 17.5 Å². The van der Waals surface area contributed by atoms with Gasteiger partial charge in [0.2, 0.25) is 5.71 Å². The lowest BCUT2D eigenvalue weighted by atomic mass is 9.74. The normalized spacial score (nSPS) is 14.6. The van der Waals surface area contributed by atoms with Gasteiger partial charge in [0, 0.05) is 121 Å². The Balaban J connectivity index is 0.000000102. The zero-order valence-corrected chi connectivity index (χ0v) is 67.2. The minimum absolute atomic E-state index is 0.207. The lowest BCUT2D eigenvalue weighted by Gasteiger charge is -2.28. The predicted molar refractivity (Wildman–Crippen MR) is 497 cm³/mol. The molecule has 574 valence electrons. The van der Waals surface area contributed by atoms with E-state index in [0.29, 0.717) is 11.5 Å². The third-order valence-electron chi connectivity index (χ3n) is 26.6. The molecule has 7 aromatic heterocycles. The summed E-state index contributed by atoms with van der Waals surface area (Å²) < 4.78 is 26.2. The molecule has 10 heteroatoms. The van der Waals surface area contributed by atoms with Crippen LogP contribution in [0.25, 0.3) is 221 Å². The fourth-order valence-corrected chi connectivity index (χ4v) is 20.9. The molecule has 3 aliphatic carbocycles. The maximum Gasteiger partial charge on any atom is 0.231 e. The molecule has 17 aromatic carbocycles. The van der Waals surface area contributed by atoms with Crippen LogP contribution in [-0.4, -0.2) is 29.9 Å². The number of furan rings is 4.